The molecule has 1 atom stereocenters. The van der Waals surface area contributed by atoms with Gasteiger partial charge in [0.2, 0.25) is 0 Å². The second-order valence-electron chi connectivity index (χ2n) is 6.70. The van der Waals surface area contributed by atoms with Crippen LogP contribution in [-0.2, 0) is 0 Å². The number of hydrogen-bond acceptors (Lipinski definition) is 6. The van der Waals surface area contributed by atoms with Crippen LogP contribution in [0.4, 0.5) is 0 Å². The number of methoxy groups -OCH3 is 1. The van der Waals surface area contributed by atoms with E-state index in [-0.39, 0.29) is 11.9 Å². The maximum atomic E-state index is 13.1. The molecule has 27 heavy (non-hydrogen) atoms. The average Bonchev–Trinajstić information content (AvgIpc) is 3.41. The van der Waals surface area contributed by atoms with Crippen molar-refractivity contribution >= 4 is 5.91 Å². The van der Waals surface area contributed by atoms with Crippen LogP contribution in [0, 0.1) is 13.8 Å². The van der Waals surface area contributed by atoms with Crippen molar-refractivity contribution in [3.8, 4) is 17.1 Å². The summed E-state index contributed by atoms with van der Waals surface area (Å²) in [7, 11) is 1.62. The van der Waals surface area contributed by atoms with Crippen molar-refractivity contribution in [1.29, 1.82) is 0 Å². The first-order valence-electron chi connectivity index (χ1n) is 8.93. The first-order valence-corrected chi connectivity index (χ1v) is 8.93. The van der Waals surface area contributed by atoms with Crippen molar-refractivity contribution in [2.45, 2.75) is 32.7 Å². The van der Waals surface area contributed by atoms with E-state index in [1.165, 1.54) is 0 Å². The quantitative estimate of drug-likeness (QED) is 0.695. The molecule has 3 aromatic rings. The van der Waals surface area contributed by atoms with Gasteiger partial charge in [-0.3, -0.25) is 4.79 Å². The number of carbonyl (C=O) groups excluding carboxylic acids is 1. The zero-order valence-corrected chi connectivity index (χ0v) is 15.6. The Hall–Kier alpha value is -3.09. The van der Waals surface area contributed by atoms with E-state index in [1.807, 2.05) is 43.0 Å². The van der Waals surface area contributed by atoms with Crippen molar-refractivity contribution in [1.82, 2.24) is 15.2 Å². The van der Waals surface area contributed by atoms with E-state index in [0.29, 0.717) is 18.0 Å². The lowest BCUT2D eigenvalue weighted by molar-refractivity contribution is 0.0724. The molecule has 1 aliphatic heterocycles. The number of rotatable bonds is 4. The van der Waals surface area contributed by atoms with Crippen molar-refractivity contribution in [2.75, 3.05) is 13.7 Å². The van der Waals surface area contributed by atoms with Gasteiger partial charge in [-0.2, -0.15) is 0 Å². The molecule has 0 saturated carbocycles. The molecule has 1 saturated heterocycles. The molecule has 0 N–H and O–H groups in total. The van der Waals surface area contributed by atoms with Gasteiger partial charge >= 0.3 is 0 Å². The van der Waals surface area contributed by atoms with Gasteiger partial charge < -0.3 is 18.7 Å². The number of amides is 1. The molecule has 7 nitrogen and oxygen atoms in total. The van der Waals surface area contributed by atoms with Crippen LogP contribution >= 0.6 is 0 Å². The molecule has 7 heteroatoms. The van der Waals surface area contributed by atoms with E-state index in [0.717, 1.165) is 41.2 Å². The summed E-state index contributed by atoms with van der Waals surface area (Å²) in [5.74, 6) is 1.93. The molecule has 140 valence electrons. The van der Waals surface area contributed by atoms with Crippen molar-refractivity contribution < 1.29 is 18.6 Å². The van der Waals surface area contributed by atoms with Crippen molar-refractivity contribution in [2.24, 2.45) is 0 Å². The van der Waals surface area contributed by atoms with Crippen molar-refractivity contribution in [3.05, 3.63) is 53.0 Å². The summed E-state index contributed by atoms with van der Waals surface area (Å²) < 4.78 is 15.9. The number of carbonyl (C=O) groups is 1. The van der Waals surface area contributed by atoms with Gasteiger partial charge in [0.1, 0.15) is 11.5 Å². The number of aromatic nitrogens is 2. The SMILES string of the molecule is COc1ccc(-c2cc(C(=O)N3CCC[C@H]3c3c(C)noc3C)no2)cc1. The normalized spacial score (nSPS) is 16.7. The van der Waals surface area contributed by atoms with Gasteiger partial charge in [-0.1, -0.05) is 10.3 Å². The average molecular weight is 367 g/mol. The molecule has 2 aromatic heterocycles. The Morgan fingerprint density at radius 2 is 1.96 bits per heavy atom. The highest BCUT2D eigenvalue weighted by molar-refractivity contribution is 5.93. The fraction of sp³-hybridized carbons (Fsp3) is 0.350. The van der Waals surface area contributed by atoms with Crippen LogP contribution in [0.25, 0.3) is 11.3 Å². The smallest absolute Gasteiger partial charge is 0.276 e. The topological polar surface area (TPSA) is 81.6 Å². The van der Waals surface area contributed by atoms with Crippen LogP contribution in [0.15, 0.2) is 39.4 Å². The second-order valence-corrected chi connectivity index (χ2v) is 6.70. The van der Waals surface area contributed by atoms with Crippen molar-refractivity contribution in [3.63, 3.8) is 0 Å². The Morgan fingerprint density at radius 3 is 2.63 bits per heavy atom. The minimum Gasteiger partial charge on any atom is -0.497 e. The largest absolute Gasteiger partial charge is 0.497 e. The highest BCUT2D eigenvalue weighted by Gasteiger charge is 2.35. The number of likely N-dealkylation sites (tertiary alicyclic amines) is 1. The number of ether oxygens (including phenoxy) is 1. The molecule has 0 unspecified atom stereocenters. The maximum Gasteiger partial charge on any atom is 0.276 e. The number of hydrogen-bond donors (Lipinski definition) is 0. The molecule has 3 heterocycles. The Bertz CT molecular complexity index is 939. The van der Waals surface area contributed by atoms with Crippen LogP contribution in [0.5, 0.6) is 5.75 Å². The molecule has 0 spiro atoms. The number of benzene rings is 1. The summed E-state index contributed by atoms with van der Waals surface area (Å²) in [6, 6.07) is 9.07. The highest BCUT2D eigenvalue weighted by atomic mass is 16.5. The highest BCUT2D eigenvalue weighted by Crippen LogP contribution is 2.36. The Kier molecular flexibility index (Phi) is 4.43. The minimum atomic E-state index is -0.138. The lowest BCUT2D eigenvalue weighted by Crippen LogP contribution is -2.31. The van der Waals surface area contributed by atoms with Gasteiger partial charge in [0, 0.05) is 23.7 Å². The van der Waals surface area contributed by atoms with E-state index in [9.17, 15) is 4.79 Å². The molecule has 1 aromatic carbocycles. The van der Waals surface area contributed by atoms with Crippen LogP contribution in [-0.4, -0.2) is 34.8 Å². The predicted octanol–water partition coefficient (Wildman–Crippen LogP) is 3.93. The molecular formula is C20H21N3O4. The minimum absolute atomic E-state index is 0.0371. The molecule has 0 aliphatic carbocycles. The first-order chi connectivity index (χ1) is 13.1. The zero-order chi connectivity index (χ0) is 19.0. The van der Waals surface area contributed by atoms with Crippen LogP contribution in [0.2, 0.25) is 0 Å². The molecule has 1 fully saturated rings. The van der Waals surface area contributed by atoms with Gasteiger partial charge in [0.25, 0.3) is 5.91 Å². The predicted molar refractivity (Wildman–Crippen MR) is 97.5 cm³/mol. The van der Waals surface area contributed by atoms with E-state index in [4.69, 9.17) is 13.8 Å². The van der Waals surface area contributed by atoms with Crippen LogP contribution in [0.3, 0.4) is 0 Å². The van der Waals surface area contributed by atoms with E-state index >= 15 is 0 Å². The standard InChI is InChI=1S/C20H21N3O4/c1-12-19(13(2)26-21-12)17-5-4-10-23(17)20(24)16-11-18(27-22-16)14-6-8-15(25-3)9-7-14/h6-9,11,17H,4-5,10H2,1-3H3/t17-/m0/s1. The Labute approximate surface area is 156 Å². The maximum absolute atomic E-state index is 13.1. The van der Waals surface area contributed by atoms with Gasteiger partial charge in [-0.05, 0) is 51.0 Å². The number of aryl methyl sites for hydroxylation is 2. The summed E-state index contributed by atoms with van der Waals surface area (Å²) in [4.78, 5) is 14.9. The monoisotopic (exact) mass is 367 g/mol. The summed E-state index contributed by atoms with van der Waals surface area (Å²) in [5.41, 5.74) is 2.97. The Balaban J connectivity index is 1.58. The van der Waals surface area contributed by atoms with Gasteiger partial charge in [0.05, 0.1) is 18.8 Å². The third kappa shape index (κ3) is 3.09. The molecule has 0 bridgehead atoms. The van der Waals surface area contributed by atoms with E-state index in [1.54, 1.807) is 13.2 Å². The van der Waals surface area contributed by atoms with Crippen LogP contribution in [0.1, 0.15) is 46.4 Å². The van der Waals surface area contributed by atoms with Crippen LogP contribution < -0.4 is 4.74 Å². The second kappa shape index (κ2) is 6.90. The molecule has 1 aliphatic rings. The first kappa shape index (κ1) is 17.3. The lowest BCUT2D eigenvalue weighted by Gasteiger charge is -2.23. The summed E-state index contributed by atoms with van der Waals surface area (Å²) in [5, 5.41) is 8.03. The molecule has 4 rings (SSSR count). The Morgan fingerprint density at radius 1 is 1.19 bits per heavy atom. The van der Waals surface area contributed by atoms with Gasteiger partial charge in [0.15, 0.2) is 11.5 Å². The zero-order valence-electron chi connectivity index (χ0n) is 15.6. The fourth-order valence-corrected chi connectivity index (χ4v) is 3.69. The summed E-state index contributed by atoms with van der Waals surface area (Å²) in [6.45, 7) is 4.47. The van der Waals surface area contributed by atoms with Gasteiger partial charge in [-0.25, -0.2) is 0 Å². The summed E-state index contributed by atoms with van der Waals surface area (Å²) >= 11 is 0. The lowest BCUT2D eigenvalue weighted by atomic mass is 10.0. The number of nitrogens with zero attached hydrogens (tertiary/aromatic N) is 3. The van der Waals surface area contributed by atoms with Gasteiger partial charge in [-0.15, -0.1) is 0 Å². The summed E-state index contributed by atoms with van der Waals surface area (Å²) in [6.07, 6.45) is 1.82. The van der Waals surface area contributed by atoms with E-state index < -0.39 is 0 Å². The fourth-order valence-electron chi connectivity index (χ4n) is 3.69. The van der Waals surface area contributed by atoms with E-state index in [2.05, 4.69) is 10.3 Å². The molecule has 0 radical (unpaired) electrons. The molecular weight excluding hydrogens is 346 g/mol. The third-order valence-corrected chi connectivity index (χ3v) is 5.04. The molecule has 1 amide bonds. The third-order valence-electron chi connectivity index (χ3n) is 5.04.